The lowest BCUT2D eigenvalue weighted by Crippen LogP contribution is -2.47. The highest BCUT2D eigenvalue weighted by Gasteiger charge is 2.39. The smallest absolute Gasteiger partial charge is 0.225 e. The van der Waals surface area contributed by atoms with Crippen molar-refractivity contribution in [1.29, 1.82) is 0 Å². The van der Waals surface area contributed by atoms with E-state index in [1.807, 2.05) is 18.2 Å². The number of hydrogen-bond donors (Lipinski definition) is 2. The first-order valence-corrected chi connectivity index (χ1v) is 12.0. The molecule has 4 atom stereocenters. The average Bonchev–Trinajstić information content (AvgIpc) is 3.31. The van der Waals surface area contributed by atoms with E-state index in [1.54, 1.807) is 0 Å². The molecule has 3 N–H and O–H groups in total. The van der Waals surface area contributed by atoms with E-state index >= 15 is 0 Å². The summed E-state index contributed by atoms with van der Waals surface area (Å²) in [6.45, 7) is 8.61. The summed E-state index contributed by atoms with van der Waals surface area (Å²) < 4.78 is 2.27. The number of benzene rings is 2. The van der Waals surface area contributed by atoms with E-state index in [0.717, 1.165) is 48.4 Å². The van der Waals surface area contributed by atoms with Crippen LogP contribution in [0.4, 0.5) is 0 Å². The fourth-order valence-electron chi connectivity index (χ4n) is 5.93. The quantitative estimate of drug-likeness (QED) is 0.631. The summed E-state index contributed by atoms with van der Waals surface area (Å²) in [6.07, 6.45) is 1.17. The first-order chi connectivity index (χ1) is 15.8. The van der Waals surface area contributed by atoms with Crippen LogP contribution >= 0.6 is 0 Å². The zero-order chi connectivity index (χ0) is 23.3. The van der Waals surface area contributed by atoms with Gasteiger partial charge in [-0.1, -0.05) is 38.1 Å². The Morgan fingerprint density at radius 2 is 2.15 bits per heavy atom. The molecule has 173 valence electrons. The van der Waals surface area contributed by atoms with Gasteiger partial charge in [0, 0.05) is 25.6 Å². The van der Waals surface area contributed by atoms with Crippen molar-refractivity contribution in [3.05, 3.63) is 65.0 Å². The molecule has 1 amide bonds. The molecule has 6 heteroatoms. The molecule has 1 aliphatic carbocycles. The molecule has 2 unspecified atom stereocenters. The molecule has 1 aromatic heterocycles. The molecule has 1 saturated heterocycles. The van der Waals surface area contributed by atoms with Gasteiger partial charge >= 0.3 is 0 Å². The molecular formula is C27H33N4O2. The van der Waals surface area contributed by atoms with E-state index in [1.165, 1.54) is 11.1 Å². The molecule has 1 radical (unpaired) electrons. The van der Waals surface area contributed by atoms with Crippen LogP contribution in [-0.4, -0.2) is 51.2 Å². The van der Waals surface area contributed by atoms with Gasteiger partial charge in [0.25, 0.3) is 0 Å². The van der Waals surface area contributed by atoms with Gasteiger partial charge in [-0.3, -0.25) is 4.79 Å². The third-order valence-corrected chi connectivity index (χ3v) is 7.43. The number of nitrogens with two attached hydrogens (primary N) is 1. The fraction of sp³-hybridized carbons (Fsp3) is 0.481. The number of rotatable bonds is 5. The number of primary amides is 1. The average molecular weight is 446 g/mol. The Balaban J connectivity index is 1.35. The van der Waals surface area contributed by atoms with Gasteiger partial charge in [0.15, 0.2) is 0 Å². The van der Waals surface area contributed by atoms with Crippen LogP contribution in [0.2, 0.25) is 0 Å². The highest BCUT2D eigenvalue weighted by molar-refractivity contribution is 5.84. The van der Waals surface area contributed by atoms with E-state index in [4.69, 9.17) is 10.7 Å². The highest BCUT2D eigenvalue weighted by Crippen LogP contribution is 2.39. The number of fused-ring (bicyclic) bond motifs is 2. The van der Waals surface area contributed by atoms with Gasteiger partial charge in [-0.15, -0.1) is 0 Å². The zero-order valence-electron chi connectivity index (χ0n) is 19.7. The number of aliphatic hydroxyl groups is 1. The van der Waals surface area contributed by atoms with Crippen LogP contribution in [0.15, 0.2) is 36.4 Å². The maximum absolute atomic E-state index is 12.3. The number of amides is 1. The van der Waals surface area contributed by atoms with E-state index in [0.29, 0.717) is 6.54 Å². The van der Waals surface area contributed by atoms with Crippen molar-refractivity contribution in [2.45, 2.75) is 57.6 Å². The number of nitrogens with zero attached hydrogens (tertiary/aromatic N) is 3. The number of β-amino-alcohol motifs (C(OH)–C–C–N with tert-alkyl or cyclic N) is 1. The van der Waals surface area contributed by atoms with Gasteiger partial charge in [0.2, 0.25) is 5.91 Å². The summed E-state index contributed by atoms with van der Waals surface area (Å²) in [5, 5.41) is 11.3. The predicted molar refractivity (Wildman–Crippen MR) is 129 cm³/mol. The molecule has 3 aromatic rings. The molecule has 0 bridgehead atoms. The second kappa shape index (κ2) is 8.58. The molecular weight excluding hydrogens is 412 g/mol. The molecule has 6 nitrogen and oxygen atoms in total. The number of likely N-dealkylation sites (tertiary alicyclic amines) is 1. The Morgan fingerprint density at radius 1 is 1.33 bits per heavy atom. The van der Waals surface area contributed by atoms with Crippen molar-refractivity contribution in [1.82, 2.24) is 14.5 Å². The first kappa shape index (κ1) is 22.1. The fourth-order valence-corrected chi connectivity index (χ4v) is 5.93. The molecule has 1 fully saturated rings. The van der Waals surface area contributed by atoms with Crippen molar-refractivity contribution in [3.63, 3.8) is 0 Å². The van der Waals surface area contributed by atoms with Crippen LogP contribution in [0.3, 0.4) is 0 Å². The Labute approximate surface area is 195 Å². The number of aromatic nitrogens is 2. The summed E-state index contributed by atoms with van der Waals surface area (Å²) in [5.41, 5.74) is 11.3. The van der Waals surface area contributed by atoms with Crippen LogP contribution in [-0.2, 0) is 11.2 Å². The first-order valence-electron chi connectivity index (χ1n) is 12.0. The van der Waals surface area contributed by atoms with Gasteiger partial charge in [0.05, 0.1) is 29.1 Å². The van der Waals surface area contributed by atoms with Crippen molar-refractivity contribution in [2.75, 3.05) is 19.6 Å². The molecule has 2 heterocycles. The maximum Gasteiger partial charge on any atom is 0.225 e. The van der Waals surface area contributed by atoms with E-state index in [-0.39, 0.29) is 29.7 Å². The molecule has 0 spiro atoms. The second-order valence-electron chi connectivity index (χ2n) is 10.1. The molecule has 2 aromatic carbocycles. The summed E-state index contributed by atoms with van der Waals surface area (Å²) in [6, 6.07) is 15.3. The Kier molecular flexibility index (Phi) is 5.75. The molecule has 1 aliphatic heterocycles. The van der Waals surface area contributed by atoms with E-state index < -0.39 is 6.10 Å². The number of carbonyl (C=O) groups excluding carboxylic acids is 1. The van der Waals surface area contributed by atoms with Crippen LogP contribution in [0, 0.1) is 18.9 Å². The molecule has 0 saturated carbocycles. The largest absolute Gasteiger partial charge is 0.390 e. The Bertz CT molecular complexity index is 1180. The maximum atomic E-state index is 12.3. The van der Waals surface area contributed by atoms with Gasteiger partial charge in [-0.05, 0) is 60.6 Å². The normalized spacial score (nSPS) is 25.6. The summed E-state index contributed by atoms with van der Waals surface area (Å²) >= 11 is 0. The SMILES string of the molecule is Cc1ccc2c(c1)nc(C(C)C)n2[C@@H]1CCN(CC2Cc3c[c]ccc3C2C(N)=O)C[C@H]1O. The molecule has 33 heavy (non-hydrogen) atoms. The molecule has 5 rings (SSSR count). The monoisotopic (exact) mass is 445 g/mol. The van der Waals surface area contributed by atoms with Gasteiger partial charge in [-0.2, -0.15) is 0 Å². The standard InChI is InChI=1S/C27H33N4O2/c1-16(2)27-29-21-12-17(3)8-9-22(21)31(27)23-10-11-30(15-24(23)32)14-19-13-18-6-4-5-7-20(18)25(19)26(28)33/h5-9,12,16,19,23-25,32H,10-11,13-15H2,1-3H3,(H2,28,33)/t19?,23-,24-,25?/m1/s1. The minimum Gasteiger partial charge on any atom is -0.390 e. The zero-order valence-corrected chi connectivity index (χ0v) is 19.7. The lowest BCUT2D eigenvalue weighted by molar-refractivity contribution is -0.120. The Hall–Kier alpha value is -2.70. The van der Waals surface area contributed by atoms with Crippen molar-refractivity contribution in [2.24, 2.45) is 11.7 Å². The number of carbonyl (C=O) groups is 1. The van der Waals surface area contributed by atoms with Gasteiger partial charge < -0.3 is 20.3 Å². The minimum atomic E-state index is -0.501. The lowest BCUT2D eigenvalue weighted by atomic mass is 9.90. The third-order valence-electron chi connectivity index (χ3n) is 7.43. The lowest BCUT2D eigenvalue weighted by Gasteiger charge is -2.39. The summed E-state index contributed by atoms with van der Waals surface area (Å²) in [7, 11) is 0. The van der Waals surface area contributed by atoms with Gasteiger partial charge in [0.1, 0.15) is 5.82 Å². The predicted octanol–water partition coefficient (Wildman–Crippen LogP) is 3.32. The van der Waals surface area contributed by atoms with Crippen molar-refractivity contribution < 1.29 is 9.90 Å². The minimum absolute atomic E-state index is 0.00586. The van der Waals surface area contributed by atoms with E-state index in [2.05, 4.69) is 54.5 Å². The van der Waals surface area contributed by atoms with Crippen molar-refractivity contribution >= 4 is 16.9 Å². The summed E-state index contributed by atoms with van der Waals surface area (Å²) in [4.78, 5) is 19.5. The number of hydrogen-bond acceptors (Lipinski definition) is 4. The second-order valence-corrected chi connectivity index (χ2v) is 10.1. The van der Waals surface area contributed by atoms with Gasteiger partial charge in [-0.25, -0.2) is 4.98 Å². The number of aliphatic hydroxyl groups excluding tert-OH is 1. The van der Waals surface area contributed by atoms with Crippen LogP contribution in [0.5, 0.6) is 0 Å². The van der Waals surface area contributed by atoms with Crippen LogP contribution in [0.1, 0.15) is 60.7 Å². The van der Waals surface area contributed by atoms with Crippen LogP contribution < -0.4 is 5.73 Å². The number of aryl methyl sites for hydroxylation is 1. The summed E-state index contributed by atoms with van der Waals surface area (Å²) in [5.74, 6) is 0.915. The highest BCUT2D eigenvalue weighted by atomic mass is 16.3. The topological polar surface area (TPSA) is 84.4 Å². The van der Waals surface area contributed by atoms with E-state index in [9.17, 15) is 9.90 Å². The number of piperidine rings is 1. The third kappa shape index (κ3) is 3.96. The van der Waals surface area contributed by atoms with Crippen molar-refractivity contribution in [3.8, 4) is 0 Å². The Morgan fingerprint density at radius 3 is 2.88 bits per heavy atom. The number of imidazole rings is 1. The van der Waals surface area contributed by atoms with Crippen LogP contribution in [0.25, 0.3) is 11.0 Å². The molecule has 2 aliphatic rings.